The highest BCUT2D eigenvalue weighted by Gasteiger charge is 2.42. The molecule has 0 radical (unpaired) electrons. The van der Waals surface area contributed by atoms with Crippen molar-refractivity contribution in [2.45, 2.75) is 18.9 Å². The van der Waals surface area contributed by atoms with Gasteiger partial charge in [-0.3, -0.25) is 9.69 Å². The van der Waals surface area contributed by atoms with Crippen molar-refractivity contribution in [1.29, 1.82) is 0 Å². The summed E-state index contributed by atoms with van der Waals surface area (Å²) in [7, 11) is 1.47. The Balaban J connectivity index is 2.07. The molecule has 1 unspecified atom stereocenters. The highest BCUT2D eigenvalue weighted by molar-refractivity contribution is 5.76. The summed E-state index contributed by atoms with van der Waals surface area (Å²) < 4.78 is 4.80. The Hall–Kier alpha value is -0.830. The molecule has 3 heteroatoms. The van der Waals surface area contributed by atoms with Gasteiger partial charge in [-0.1, -0.05) is 6.08 Å². The lowest BCUT2D eigenvalue weighted by Gasteiger charge is -2.47. The van der Waals surface area contributed by atoms with Crippen LogP contribution >= 0.6 is 0 Å². The van der Waals surface area contributed by atoms with Crippen molar-refractivity contribution in [2.24, 2.45) is 11.8 Å². The summed E-state index contributed by atoms with van der Waals surface area (Å²) in [5.74, 6) is 1.14. The molecule has 0 spiro atoms. The number of rotatable bonds is 2. The molecule has 3 fully saturated rings. The lowest BCUT2D eigenvalue weighted by molar-refractivity contribution is -0.152. The molecule has 4 atom stereocenters. The molecule has 3 aliphatic rings. The first kappa shape index (κ1) is 9.71. The second-order valence-corrected chi connectivity index (χ2v) is 4.22. The molecule has 3 aliphatic heterocycles. The molecule has 2 bridgehead atoms. The number of esters is 1. The zero-order valence-electron chi connectivity index (χ0n) is 8.61. The molecule has 0 N–H and O–H groups in total. The first-order chi connectivity index (χ1) is 6.76. The van der Waals surface area contributed by atoms with Gasteiger partial charge in [0.15, 0.2) is 0 Å². The van der Waals surface area contributed by atoms with E-state index in [0.717, 1.165) is 19.5 Å². The van der Waals surface area contributed by atoms with Gasteiger partial charge in [0.1, 0.15) is 6.04 Å². The van der Waals surface area contributed by atoms with Crippen LogP contribution in [-0.2, 0) is 9.53 Å². The monoisotopic (exact) mass is 195 g/mol. The molecular weight excluding hydrogens is 178 g/mol. The zero-order chi connectivity index (χ0) is 10.1. The summed E-state index contributed by atoms with van der Waals surface area (Å²) in [4.78, 5) is 13.7. The maximum atomic E-state index is 11.5. The molecule has 0 saturated carbocycles. The predicted octanol–water partition coefficient (Wildman–Crippen LogP) is 1.06. The normalized spacial score (nSPS) is 40.6. The van der Waals surface area contributed by atoms with E-state index in [1.165, 1.54) is 13.5 Å². The smallest absolute Gasteiger partial charge is 0.323 e. The first-order valence-corrected chi connectivity index (χ1v) is 5.20. The van der Waals surface area contributed by atoms with Crippen molar-refractivity contribution < 1.29 is 9.53 Å². The van der Waals surface area contributed by atoms with Crippen LogP contribution in [0.15, 0.2) is 12.7 Å². The molecule has 3 rings (SSSR count). The van der Waals surface area contributed by atoms with Gasteiger partial charge in [-0.05, 0) is 31.2 Å². The van der Waals surface area contributed by atoms with E-state index in [2.05, 4.69) is 11.5 Å². The summed E-state index contributed by atoms with van der Waals surface area (Å²) >= 11 is 0. The summed E-state index contributed by atoms with van der Waals surface area (Å²) in [6.07, 6.45) is 4.18. The van der Waals surface area contributed by atoms with E-state index in [4.69, 9.17) is 4.74 Å². The minimum atomic E-state index is -0.0720. The third-order valence-corrected chi connectivity index (χ3v) is 3.58. The standard InChI is InChI=1S/C11H17NO2/c1-3-8-7-12-5-4-9(8)6-10(12)11(13)14-2/h3,8-10H,1,4-7H2,2H3/t8-,9-,10+/m0/s1. The topological polar surface area (TPSA) is 29.5 Å². The molecule has 0 aromatic carbocycles. The van der Waals surface area contributed by atoms with Gasteiger partial charge in [-0.15, -0.1) is 6.58 Å². The van der Waals surface area contributed by atoms with E-state index in [9.17, 15) is 4.79 Å². The van der Waals surface area contributed by atoms with Gasteiger partial charge in [0.25, 0.3) is 0 Å². The Morgan fingerprint density at radius 2 is 2.43 bits per heavy atom. The Morgan fingerprint density at radius 3 is 2.93 bits per heavy atom. The van der Waals surface area contributed by atoms with Crippen LogP contribution in [0.25, 0.3) is 0 Å². The van der Waals surface area contributed by atoms with Gasteiger partial charge in [0.05, 0.1) is 7.11 Å². The largest absolute Gasteiger partial charge is 0.468 e. The van der Waals surface area contributed by atoms with E-state index < -0.39 is 0 Å². The van der Waals surface area contributed by atoms with Gasteiger partial charge in [-0.25, -0.2) is 0 Å². The number of nitrogens with zero attached hydrogens (tertiary/aromatic N) is 1. The van der Waals surface area contributed by atoms with E-state index in [1.807, 2.05) is 6.08 Å². The van der Waals surface area contributed by atoms with E-state index in [-0.39, 0.29) is 12.0 Å². The number of hydrogen-bond acceptors (Lipinski definition) is 3. The number of fused-ring (bicyclic) bond motifs is 3. The van der Waals surface area contributed by atoms with Gasteiger partial charge < -0.3 is 4.74 Å². The Kier molecular flexibility index (Phi) is 2.59. The number of ether oxygens (including phenoxy) is 1. The number of carbonyl (C=O) groups excluding carboxylic acids is 1. The van der Waals surface area contributed by atoms with Crippen LogP contribution in [0.1, 0.15) is 12.8 Å². The summed E-state index contributed by atoms with van der Waals surface area (Å²) in [6, 6.07) is 0.00921. The molecule has 3 nitrogen and oxygen atoms in total. The molecule has 14 heavy (non-hydrogen) atoms. The average Bonchev–Trinajstić information content (AvgIpc) is 2.28. The molecule has 0 aromatic rings. The second-order valence-electron chi connectivity index (χ2n) is 4.22. The van der Waals surface area contributed by atoms with Crippen molar-refractivity contribution in [3.05, 3.63) is 12.7 Å². The van der Waals surface area contributed by atoms with Crippen molar-refractivity contribution >= 4 is 5.97 Å². The maximum Gasteiger partial charge on any atom is 0.323 e. The van der Waals surface area contributed by atoms with Crippen LogP contribution < -0.4 is 0 Å². The lowest BCUT2D eigenvalue weighted by Crippen LogP contribution is -2.56. The van der Waals surface area contributed by atoms with E-state index in [1.54, 1.807) is 0 Å². The minimum absolute atomic E-state index is 0.00921. The van der Waals surface area contributed by atoms with Crippen molar-refractivity contribution in [3.8, 4) is 0 Å². The van der Waals surface area contributed by atoms with Crippen molar-refractivity contribution in [3.63, 3.8) is 0 Å². The zero-order valence-corrected chi connectivity index (χ0v) is 8.61. The van der Waals surface area contributed by atoms with Gasteiger partial charge in [0.2, 0.25) is 0 Å². The number of methoxy groups -OCH3 is 1. The van der Waals surface area contributed by atoms with Crippen LogP contribution in [0.2, 0.25) is 0 Å². The predicted molar refractivity (Wildman–Crippen MR) is 53.8 cm³/mol. The third-order valence-electron chi connectivity index (χ3n) is 3.58. The average molecular weight is 195 g/mol. The molecule has 0 aromatic heterocycles. The van der Waals surface area contributed by atoms with Crippen LogP contribution in [-0.4, -0.2) is 37.1 Å². The fourth-order valence-corrected chi connectivity index (χ4v) is 2.72. The highest BCUT2D eigenvalue weighted by atomic mass is 16.5. The van der Waals surface area contributed by atoms with Gasteiger partial charge in [-0.2, -0.15) is 0 Å². The maximum absolute atomic E-state index is 11.5. The summed E-state index contributed by atoms with van der Waals surface area (Å²) in [5.41, 5.74) is 0. The third kappa shape index (κ3) is 1.46. The number of piperidine rings is 3. The number of carbonyl (C=O) groups is 1. The van der Waals surface area contributed by atoms with Gasteiger partial charge >= 0.3 is 5.97 Å². The Labute approximate surface area is 84.7 Å². The summed E-state index contributed by atoms with van der Waals surface area (Å²) in [6.45, 7) is 5.87. The lowest BCUT2D eigenvalue weighted by atomic mass is 9.76. The van der Waals surface area contributed by atoms with Gasteiger partial charge in [0, 0.05) is 6.54 Å². The van der Waals surface area contributed by atoms with Crippen LogP contribution in [0, 0.1) is 11.8 Å². The molecule has 78 valence electrons. The molecule has 3 heterocycles. The summed E-state index contributed by atoms with van der Waals surface area (Å²) in [5, 5.41) is 0. The Bertz CT molecular complexity index is 252. The first-order valence-electron chi connectivity index (χ1n) is 5.20. The van der Waals surface area contributed by atoms with Crippen molar-refractivity contribution in [1.82, 2.24) is 4.90 Å². The molecule has 3 saturated heterocycles. The fraction of sp³-hybridized carbons (Fsp3) is 0.727. The fourth-order valence-electron chi connectivity index (χ4n) is 2.72. The second kappa shape index (κ2) is 3.73. The Morgan fingerprint density at radius 1 is 1.64 bits per heavy atom. The molecule has 0 aliphatic carbocycles. The SMILES string of the molecule is C=C[C@H]1CN2CC[C@H]1C[C@@H]2C(=O)OC. The van der Waals surface area contributed by atoms with E-state index in [0.29, 0.717) is 11.8 Å². The van der Waals surface area contributed by atoms with Crippen LogP contribution in [0.5, 0.6) is 0 Å². The molecule has 0 amide bonds. The highest BCUT2D eigenvalue weighted by Crippen LogP contribution is 2.36. The van der Waals surface area contributed by atoms with E-state index >= 15 is 0 Å². The van der Waals surface area contributed by atoms with Crippen LogP contribution in [0.3, 0.4) is 0 Å². The molecular formula is C11H17NO2. The minimum Gasteiger partial charge on any atom is -0.468 e. The van der Waals surface area contributed by atoms with Crippen molar-refractivity contribution in [2.75, 3.05) is 20.2 Å². The number of hydrogen-bond donors (Lipinski definition) is 0. The van der Waals surface area contributed by atoms with Crippen LogP contribution in [0.4, 0.5) is 0 Å². The quantitative estimate of drug-likeness (QED) is 0.487.